The molecule has 0 bridgehead atoms. The van der Waals surface area contributed by atoms with Crippen LogP contribution < -0.4 is 4.90 Å². The van der Waals surface area contributed by atoms with Crippen LogP contribution in [-0.4, -0.2) is 11.0 Å². The highest BCUT2D eigenvalue weighted by Crippen LogP contribution is 2.44. The van der Waals surface area contributed by atoms with Crippen molar-refractivity contribution in [3.05, 3.63) is 101 Å². The Hall–Kier alpha value is -2.98. The molecule has 1 aliphatic rings. The SMILES string of the molecule is O=C1c2ccccc2C(O)(c2ccc(F)cc2)N1c1ccccc1. The number of para-hydroxylation sites is 1. The van der Waals surface area contributed by atoms with E-state index in [2.05, 4.69) is 0 Å². The summed E-state index contributed by atoms with van der Waals surface area (Å²) in [4.78, 5) is 14.3. The Morgan fingerprint density at radius 1 is 0.833 bits per heavy atom. The number of carbonyl (C=O) groups excluding carboxylic acids is 1. The van der Waals surface area contributed by atoms with E-state index in [1.807, 2.05) is 6.07 Å². The molecule has 0 aromatic heterocycles. The standard InChI is InChI=1S/C20H14FNO2/c21-15-12-10-14(11-13-15)20(24)18-9-5-4-8-17(18)19(23)22(20)16-6-2-1-3-7-16/h1-13,24H. The fourth-order valence-corrected chi connectivity index (χ4v) is 3.21. The van der Waals surface area contributed by atoms with Crippen molar-refractivity contribution < 1.29 is 14.3 Å². The summed E-state index contributed by atoms with van der Waals surface area (Å²) in [5.74, 6) is -0.685. The number of benzene rings is 3. The molecule has 0 fully saturated rings. The average molecular weight is 319 g/mol. The van der Waals surface area contributed by atoms with Crippen molar-refractivity contribution >= 4 is 11.6 Å². The van der Waals surface area contributed by atoms with Gasteiger partial charge in [0.05, 0.1) is 0 Å². The number of hydrogen-bond donors (Lipinski definition) is 1. The van der Waals surface area contributed by atoms with Crippen molar-refractivity contribution in [2.75, 3.05) is 4.90 Å². The number of rotatable bonds is 2. The van der Waals surface area contributed by atoms with Crippen molar-refractivity contribution in [1.82, 2.24) is 0 Å². The average Bonchev–Trinajstić information content (AvgIpc) is 2.85. The van der Waals surface area contributed by atoms with Gasteiger partial charge in [-0.15, -0.1) is 0 Å². The van der Waals surface area contributed by atoms with Crippen molar-refractivity contribution in [2.45, 2.75) is 5.72 Å². The van der Waals surface area contributed by atoms with E-state index >= 15 is 0 Å². The summed E-state index contributed by atoms with van der Waals surface area (Å²) in [5.41, 5.74) is 0.262. The molecule has 3 nitrogen and oxygen atoms in total. The lowest BCUT2D eigenvalue weighted by Crippen LogP contribution is -2.45. The molecular weight excluding hydrogens is 305 g/mol. The first-order valence-electron chi connectivity index (χ1n) is 7.60. The number of nitrogens with zero attached hydrogens (tertiary/aromatic N) is 1. The normalized spacial score (nSPS) is 19.4. The van der Waals surface area contributed by atoms with E-state index in [4.69, 9.17) is 0 Å². The van der Waals surface area contributed by atoms with Crippen LogP contribution in [0.2, 0.25) is 0 Å². The van der Waals surface area contributed by atoms with Crippen LogP contribution in [0, 0.1) is 5.82 Å². The zero-order valence-electron chi connectivity index (χ0n) is 12.7. The third kappa shape index (κ3) is 1.97. The van der Waals surface area contributed by atoms with Crippen LogP contribution in [0.25, 0.3) is 0 Å². The molecule has 0 saturated carbocycles. The van der Waals surface area contributed by atoms with E-state index in [0.717, 1.165) is 0 Å². The molecule has 4 rings (SSSR count). The third-order valence-electron chi connectivity index (χ3n) is 4.32. The van der Waals surface area contributed by atoms with Gasteiger partial charge < -0.3 is 5.11 Å². The Labute approximate surface area is 138 Å². The van der Waals surface area contributed by atoms with Crippen LogP contribution in [-0.2, 0) is 5.72 Å². The smallest absolute Gasteiger partial charge is 0.261 e. The van der Waals surface area contributed by atoms with Gasteiger partial charge in [0.25, 0.3) is 5.91 Å². The predicted molar refractivity (Wildman–Crippen MR) is 89.1 cm³/mol. The van der Waals surface area contributed by atoms with Gasteiger partial charge in [-0.3, -0.25) is 9.69 Å². The lowest BCUT2D eigenvalue weighted by Gasteiger charge is -2.34. The fraction of sp³-hybridized carbons (Fsp3) is 0.0500. The molecule has 1 aliphatic heterocycles. The van der Waals surface area contributed by atoms with Crippen LogP contribution in [0.5, 0.6) is 0 Å². The van der Waals surface area contributed by atoms with Gasteiger partial charge >= 0.3 is 0 Å². The summed E-state index contributed by atoms with van der Waals surface area (Å²) in [7, 11) is 0. The van der Waals surface area contributed by atoms with Gasteiger partial charge in [-0.25, -0.2) is 4.39 Å². The number of halogens is 1. The molecule has 118 valence electrons. The molecule has 1 N–H and O–H groups in total. The summed E-state index contributed by atoms with van der Waals surface area (Å²) in [5, 5.41) is 11.6. The van der Waals surface area contributed by atoms with E-state index in [1.165, 1.54) is 29.2 Å². The molecule has 1 amide bonds. The molecule has 1 atom stereocenters. The van der Waals surface area contributed by atoms with Gasteiger partial charge in [0.15, 0.2) is 5.72 Å². The van der Waals surface area contributed by atoms with E-state index in [1.54, 1.807) is 48.5 Å². The summed E-state index contributed by atoms with van der Waals surface area (Å²) < 4.78 is 13.3. The molecule has 0 spiro atoms. The topological polar surface area (TPSA) is 40.5 Å². The molecule has 0 aliphatic carbocycles. The Kier molecular flexibility index (Phi) is 3.22. The Morgan fingerprint density at radius 3 is 2.17 bits per heavy atom. The van der Waals surface area contributed by atoms with Gasteiger partial charge in [-0.2, -0.15) is 0 Å². The zero-order valence-corrected chi connectivity index (χ0v) is 12.7. The summed E-state index contributed by atoms with van der Waals surface area (Å²) in [6.07, 6.45) is 0. The van der Waals surface area contributed by atoms with E-state index in [9.17, 15) is 14.3 Å². The van der Waals surface area contributed by atoms with Crippen LogP contribution in [0.3, 0.4) is 0 Å². The molecule has 4 heteroatoms. The number of fused-ring (bicyclic) bond motifs is 1. The molecule has 0 saturated heterocycles. The highest BCUT2D eigenvalue weighted by atomic mass is 19.1. The summed E-state index contributed by atoms with van der Waals surface area (Å²) in [6.45, 7) is 0. The Bertz CT molecular complexity index is 908. The third-order valence-corrected chi connectivity index (χ3v) is 4.32. The van der Waals surface area contributed by atoms with Crippen LogP contribution in [0.4, 0.5) is 10.1 Å². The van der Waals surface area contributed by atoms with E-state index < -0.39 is 11.5 Å². The number of aliphatic hydroxyl groups is 1. The lowest BCUT2D eigenvalue weighted by molar-refractivity contribution is 0.0703. The Balaban J connectivity index is 1.99. The molecular formula is C20H14FNO2. The first kappa shape index (κ1) is 14.6. The van der Waals surface area contributed by atoms with Gasteiger partial charge in [-0.1, -0.05) is 48.5 Å². The van der Waals surface area contributed by atoms with Crippen molar-refractivity contribution in [3.8, 4) is 0 Å². The second-order valence-corrected chi connectivity index (χ2v) is 5.70. The lowest BCUT2D eigenvalue weighted by atomic mass is 9.93. The highest BCUT2D eigenvalue weighted by molar-refractivity contribution is 6.12. The van der Waals surface area contributed by atoms with Crippen LogP contribution in [0.1, 0.15) is 21.5 Å². The van der Waals surface area contributed by atoms with Gasteiger partial charge in [0.2, 0.25) is 0 Å². The van der Waals surface area contributed by atoms with Crippen LogP contribution in [0.15, 0.2) is 78.9 Å². The molecule has 0 radical (unpaired) electrons. The largest absolute Gasteiger partial charge is 0.363 e. The maximum atomic E-state index is 13.3. The minimum absolute atomic E-state index is 0.288. The van der Waals surface area contributed by atoms with Crippen molar-refractivity contribution in [2.24, 2.45) is 0 Å². The van der Waals surface area contributed by atoms with E-state index in [0.29, 0.717) is 22.4 Å². The molecule has 3 aromatic rings. The molecule has 1 unspecified atom stereocenters. The monoisotopic (exact) mass is 319 g/mol. The zero-order chi connectivity index (χ0) is 16.7. The van der Waals surface area contributed by atoms with Gasteiger partial charge in [0.1, 0.15) is 5.82 Å². The predicted octanol–water partition coefficient (Wildman–Crippen LogP) is 3.68. The van der Waals surface area contributed by atoms with Gasteiger partial charge in [0, 0.05) is 22.4 Å². The second-order valence-electron chi connectivity index (χ2n) is 5.70. The quantitative estimate of drug-likeness (QED) is 0.783. The molecule has 3 aromatic carbocycles. The summed E-state index contributed by atoms with van der Waals surface area (Å²) >= 11 is 0. The van der Waals surface area contributed by atoms with Crippen molar-refractivity contribution in [3.63, 3.8) is 0 Å². The number of amides is 1. The number of anilines is 1. The second kappa shape index (κ2) is 5.28. The fourth-order valence-electron chi connectivity index (χ4n) is 3.21. The first-order valence-corrected chi connectivity index (χ1v) is 7.60. The van der Waals surface area contributed by atoms with Gasteiger partial charge in [-0.05, 0) is 30.3 Å². The van der Waals surface area contributed by atoms with Crippen molar-refractivity contribution in [1.29, 1.82) is 0 Å². The number of hydrogen-bond acceptors (Lipinski definition) is 2. The molecule has 1 heterocycles. The number of carbonyl (C=O) groups is 1. The maximum absolute atomic E-state index is 13.3. The maximum Gasteiger partial charge on any atom is 0.261 e. The first-order chi connectivity index (χ1) is 11.6. The minimum Gasteiger partial charge on any atom is -0.363 e. The highest BCUT2D eigenvalue weighted by Gasteiger charge is 2.50. The molecule has 24 heavy (non-hydrogen) atoms. The van der Waals surface area contributed by atoms with Crippen LogP contribution >= 0.6 is 0 Å². The minimum atomic E-state index is -1.68. The van der Waals surface area contributed by atoms with E-state index in [-0.39, 0.29) is 5.91 Å². The summed E-state index contributed by atoms with van der Waals surface area (Å²) in [6, 6.07) is 21.5. The Morgan fingerprint density at radius 2 is 1.46 bits per heavy atom.